The highest BCUT2D eigenvalue weighted by atomic mass is 35.5. The third-order valence-electron chi connectivity index (χ3n) is 2.64. The minimum absolute atomic E-state index is 0.00504. The Morgan fingerprint density at radius 1 is 1.53 bits per heavy atom. The molecule has 4 nitrogen and oxygen atoms in total. The Bertz CT molecular complexity index is 464. The lowest BCUT2D eigenvalue weighted by molar-refractivity contribution is -0.124. The maximum Gasteiger partial charge on any atom is 0.387 e. The molecule has 19 heavy (non-hydrogen) atoms. The van der Waals surface area contributed by atoms with E-state index in [4.69, 9.17) is 16.3 Å². The average molecular weight is 292 g/mol. The lowest BCUT2D eigenvalue weighted by Gasteiger charge is -2.12. The van der Waals surface area contributed by atoms with Crippen molar-refractivity contribution in [2.24, 2.45) is 0 Å². The number of alkyl halides is 2. The van der Waals surface area contributed by atoms with Gasteiger partial charge in [-0.15, -0.1) is 0 Å². The van der Waals surface area contributed by atoms with Crippen LogP contribution in [0.25, 0.3) is 0 Å². The molecule has 0 aromatic heterocycles. The van der Waals surface area contributed by atoms with Gasteiger partial charge in [0.25, 0.3) is 5.91 Å². The maximum absolute atomic E-state index is 12.0. The van der Waals surface area contributed by atoms with E-state index < -0.39 is 12.7 Å². The number of benzene rings is 1. The van der Waals surface area contributed by atoms with Crippen molar-refractivity contribution >= 4 is 23.2 Å². The first-order valence-electron chi connectivity index (χ1n) is 5.73. The van der Waals surface area contributed by atoms with E-state index in [1.54, 1.807) is 0 Å². The molecule has 0 bridgehead atoms. The van der Waals surface area contributed by atoms with Crippen LogP contribution in [-0.2, 0) is 9.53 Å². The van der Waals surface area contributed by atoms with E-state index in [-0.39, 0.29) is 16.7 Å². The summed E-state index contributed by atoms with van der Waals surface area (Å²) in [6.45, 7) is -2.37. The quantitative estimate of drug-likeness (QED) is 0.927. The molecule has 1 saturated heterocycles. The highest BCUT2D eigenvalue weighted by Crippen LogP contribution is 2.29. The molecule has 1 amide bonds. The summed E-state index contributed by atoms with van der Waals surface area (Å²) in [5.41, 5.74) is 0.409. The van der Waals surface area contributed by atoms with Crippen LogP contribution in [0.4, 0.5) is 14.5 Å². The molecule has 1 aliphatic rings. The van der Waals surface area contributed by atoms with Crippen LogP contribution in [0.15, 0.2) is 18.2 Å². The van der Waals surface area contributed by atoms with Gasteiger partial charge >= 0.3 is 6.61 Å². The number of ether oxygens (including phenoxy) is 2. The summed E-state index contributed by atoms with van der Waals surface area (Å²) in [6.07, 6.45) is 1.06. The van der Waals surface area contributed by atoms with Gasteiger partial charge in [0, 0.05) is 12.3 Å². The summed E-state index contributed by atoms with van der Waals surface area (Å²) >= 11 is 5.78. The van der Waals surface area contributed by atoms with Crippen LogP contribution in [0.1, 0.15) is 12.8 Å². The van der Waals surface area contributed by atoms with Crippen molar-refractivity contribution in [2.45, 2.75) is 25.6 Å². The van der Waals surface area contributed by atoms with Crippen LogP contribution >= 0.6 is 11.6 Å². The standard InChI is InChI=1S/C12H12ClF2NO3/c13-8-6-7(3-4-9(8)19-12(14)15)16-11(17)10-2-1-5-18-10/h3-4,6,10,12H,1-2,5H2,(H,16,17)/t10-/m1/s1. The van der Waals surface area contributed by atoms with Crippen molar-refractivity contribution in [2.75, 3.05) is 11.9 Å². The topological polar surface area (TPSA) is 47.6 Å². The summed E-state index contributed by atoms with van der Waals surface area (Å²) in [6, 6.07) is 4.07. The van der Waals surface area contributed by atoms with Gasteiger partial charge in [-0.3, -0.25) is 4.79 Å². The summed E-state index contributed by atoms with van der Waals surface area (Å²) in [5.74, 6) is -0.400. The van der Waals surface area contributed by atoms with Gasteiger partial charge in [-0.1, -0.05) is 11.6 Å². The fraction of sp³-hybridized carbons (Fsp3) is 0.417. The number of halogens is 3. The first-order chi connectivity index (χ1) is 9.06. The second-order valence-corrected chi connectivity index (χ2v) is 4.42. The zero-order chi connectivity index (χ0) is 13.8. The Balaban J connectivity index is 2.01. The van der Waals surface area contributed by atoms with Crippen molar-refractivity contribution < 1.29 is 23.0 Å². The number of carbonyl (C=O) groups excluding carboxylic acids is 1. The van der Waals surface area contributed by atoms with Gasteiger partial charge in [0.2, 0.25) is 0 Å². The van der Waals surface area contributed by atoms with E-state index in [1.165, 1.54) is 18.2 Å². The monoisotopic (exact) mass is 291 g/mol. The number of carbonyl (C=O) groups is 1. The molecule has 1 heterocycles. The summed E-state index contributed by atoms with van der Waals surface area (Å²) in [4.78, 5) is 11.8. The first-order valence-corrected chi connectivity index (χ1v) is 6.11. The van der Waals surface area contributed by atoms with E-state index in [1.807, 2.05) is 0 Å². The van der Waals surface area contributed by atoms with E-state index in [9.17, 15) is 13.6 Å². The fourth-order valence-electron chi connectivity index (χ4n) is 1.78. The van der Waals surface area contributed by atoms with Gasteiger partial charge in [0.1, 0.15) is 11.9 Å². The molecule has 1 atom stereocenters. The molecule has 7 heteroatoms. The molecule has 1 N–H and O–H groups in total. The van der Waals surface area contributed by atoms with Gasteiger partial charge < -0.3 is 14.8 Å². The molecule has 0 radical (unpaired) electrons. The Morgan fingerprint density at radius 3 is 2.89 bits per heavy atom. The zero-order valence-corrected chi connectivity index (χ0v) is 10.6. The second-order valence-electron chi connectivity index (χ2n) is 4.01. The third-order valence-corrected chi connectivity index (χ3v) is 2.93. The van der Waals surface area contributed by atoms with Gasteiger partial charge in [0.05, 0.1) is 5.02 Å². The molecule has 0 unspecified atom stereocenters. The van der Waals surface area contributed by atoms with Crippen LogP contribution in [0, 0.1) is 0 Å². The van der Waals surface area contributed by atoms with Crippen LogP contribution in [0.5, 0.6) is 5.75 Å². The number of nitrogens with one attached hydrogen (secondary N) is 1. The summed E-state index contributed by atoms with van der Waals surface area (Å²) in [5, 5.41) is 2.62. The molecule has 0 spiro atoms. The normalized spacial score (nSPS) is 18.6. The SMILES string of the molecule is O=C(Nc1ccc(OC(F)F)c(Cl)c1)[C@H]1CCCO1. The van der Waals surface area contributed by atoms with Crippen molar-refractivity contribution in [1.82, 2.24) is 0 Å². The van der Waals surface area contributed by atoms with Crippen LogP contribution in [0.3, 0.4) is 0 Å². The predicted octanol–water partition coefficient (Wildman–Crippen LogP) is 3.06. The fourth-order valence-corrected chi connectivity index (χ4v) is 2.00. The van der Waals surface area contributed by atoms with E-state index in [0.29, 0.717) is 18.7 Å². The van der Waals surface area contributed by atoms with Gasteiger partial charge in [-0.2, -0.15) is 8.78 Å². The van der Waals surface area contributed by atoms with E-state index in [0.717, 1.165) is 6.42 Å². The molecular formula is C12H12ClF2NO3. The number of amides is 1. The lowest BCUT2D eigenvalue weighted by Crippen LogP contribution is -2.26. The van der Waals surface area contributed by atoms with Crippen molar-refractivity contribution in [3.8, 4) is 5.75 Å². The molecule has 1 aromatic carbocycles. The molecular weight excluding hydrogens is 280 g/mol. The molecule has 104 valence electrons. The summed E-state index contributed by atoms with van der Waals surface area (Å²) < 4.78 is 33.5. The van der Waals surface area contributed by atoms with E-state index >= 15 is 0 Å². The highest BCUT2D eigenvalue weighted by Gasteiger charge is 2.23. The molecule has 1 fully saturated rings. The van der Waals surface area contributed by atoms with Gasteiger partial charge in [-0.05, 0) is 31.0 Å². The number of hydrogen-bond acceptors (Lipinski definition) is 3. The zero-order valence-electron chi connectivity index (χ0n) is 9.87. The smallest absolute Gasteiger partial charge is 0.387 e. The van der Waals surface area contributed by atoms with Crippen molar-refractivity contribution in [3.05, 3.63) is 23.2 Å². The average Bonchev–Trinajstić information content (AvgIpc) is 2.86. The lowest BCUT2D eigenvalue weighted by atomic mass is 10.2. The van der Waals surface area contributed by atoms with Crippen LogP contribution < -0.4 is 10.1 Å². The first kappa shape index (κ1) is 14.0. The Labute approximate surface area is 113 Å². The van der Waals surface area contributed by atoms with Crippen LogP contribution in [-0.4, -0.2) is 25.2 Å². The van der Waals surface area contributed by atoms with Crippen molar-refractivity contribution in [3.63, 3.8) is 0 Å². The summed E-state index contributed by atoms with van der Waals surface area (Å²) in [7, 11) is 0. The maximum atomic E-state index is 12.0. The Kier molecular flexibility index (Phi) is 4.55. The molecule has 2 rings (SSSR count). The molecule has 0 saturated carbocycles. The predicted molar refractivity (Wildman–Crippen MR) is 65.7 cm³/mol. The van der Waals surface area contributed by atoms with Crippen molar-refractivity contribution in [1.29, 1.82) is 0 Å². The second kappa shape index (κ2) is 6.16. The largest absolute Gasteiger partial charge is 0.433 e. The Hall–Kier alpha value is -1.40. The minimum atomic E-state index is -2.94. The molecule has 0 aliphatic carbocycles. The van der Waals surface area contributed by atoms with Gasteiger partial charge in [-0.25, -0.2) is 0 Å². The molecule has 1 aliphatic heterocycles. The minimum Gasteiger partial charge on any atom is -0.433 e. The number of hydrogen-bond donors (Lipinski definition) is 1. The third kappa shape index (κ3) is 3.78. The van der Waals surface area contributed by atoms with E-state index in [2.05, 4.69) is 10.1 Å². The number of anilines is 1. The molecule has 1 aromatic rings. The van der Waals surface area contributed by atoms with Gasteiger partial charge in [0.15, 0.2) is 0 Å². The Morgan fingerprint density at radius 2 is 2.32 bits per heavy atom. The highest BCUT2D eigenvalue weighted by molar-refractivity contribution is 6.32. The number of rotatable bonds is 4. The van der Waals surface area contributed by atoms with Crippen LogP contribution in [0.2, 0.25) is 5.02 Å².